The van der Waals surface area contributed by atoms with Crippen LogP contribution in [0.1, 0.15) is 28.2 Å². The highest BCUT2D eigenvalue weighted by atomic mass is 35.5. The van der Waals surface area contributed by atoms with Gasteiger partial charge in [0.1, 0.15) is 4.83 Å². The van der Waals surface area contributed by atoms with Crippen LogP contribution in [-0.2, 0) is 0 Å². The van der Waals surface area contributed by atoms with Crippen LogP contribution in [-0.4, -0.2) is 39.7 Å². The Bertz CT molecular complexity index is 952. The molecule has 5 nitrogen and oxygen atoms in total. The van der Waals surface area contributed by atoms with E-state index in [0.29, 0.717) is 11.6 Å². The molecule has 0 saturated carbocycles. The number of carbonyl (C=O) groups is 1. The first-order valence-electron chi connectivity index (χ1n) is 8.33. The van der Waals surface area contributed by atoms with Gasteiger partial charge in [0.05, 0.1) is 16.3 Å². The lowest BCUT2D eigenvalue weighted by Crippen LogP contribution is -2.45. The minimum absolute atomic E-state index is 0. The van der Waals surface area contributed by atoms with Crippen molar-refractivity contribution in [3.8, 4) is 5.69 Å². The van der Waals surface area contributed by atoms with Crippen molar-refractivity contribution in [2.24, 2.45) is 5.73 Å². The van der Waals surface area contributed by atoms with Crippen molar-refractivity contribution in [1.82, 2.24) is 14.7 Å². The largest absolute Gasteiger partial charge is 0.336 e. The predicted molar refractivity (Wildman–Crippen MR) is 109 cm³/mol. The number of nitrogens with two attached hydrogens (primary N) is 1. The van der Waals surface area contributed by atoms with Crippen LogP contribution < -0.4 is 5.73 Å². The molecular weight excluding hydrogens is 391 g/mol. The number of fused-ring (bicyclic) bond motifs is 1. The van der Waals surface area contributed by atoms with E-state index >= 15 is 0 Å². The first kappa shape index (κ1) is 19.2. The molecule has 26 heavy (non-hydrogen) atoms. The molecule has 1 aliphatic rings. The summed E-state index contributed by atoms with van der Waals surface area (Å²) in [4.78, 5) is 16.4. The molecule has 138 valence electrons. The second-order valence-corrected chi connectivity index (χ2v) is 7.93. The number of hydrogen-bond acceptors (Lipinski definition) is 4. The summed E-state index contributed by atoms with van der Waals surface area (Å²) in [5.41, 5.74) is 7.82. The Labute approximate surface area is 167 Å². The number of aromatic nitrogens is 2. The lowest BCUT2D eigenvalue weighted by Gasteiger charge is -2.30. The maximum atomic E-state index is 12.9. The van der Waals surface area contributed by atoms with E-state index in [1.807, 2.05) is 46.8 Å². The van der Waals surface area contributed by atoms with E-state index < -0.39 is 0 Å². The van der Waals surface area contributed by atoms with E-state index in [9.17, 15) is 4.79 Å². The Morgan fingerprint density at radius 3 is 2.92 bits per heavy atom. The van der Waals surface area contributed by atoms with E-state index in [0.717, 1.165) is 45.9 Å². The number of thiophene rings is 1. The molecule has 1 aliphatic heterocycles. The normalized spacial score (nSPS) is 17.3. The fourth-order valence-electron chi connectivity index (χ4n) is 3.29. The molecule has 4 rings (SSSR count). The topological polar surface area (TPSA) is 64.2 Å². The van der Waals surface area contributed by atoms with Crippen molar-refractivity contribution in [1.29, 1.82) is 0 Å². The van der Waals surface area contributed by atoms with Gasteiger partial charge < -0.3 is 10.6 Å². The van der Waals surface area contributed by atoms with Crippen LogP contribution >= 0.6 is 35.3 Å². The molecule has 2 N–H and O–H groups in total. The van der Waals surface area contributed by atoms with Gasteiger partial charge in [0.2, 0.25) is 0 Å². The maximum Gasteiger partial charge on any atom is 0.264 e. The zero-order chi connectivity index (χ0) is 17.6. The van der Waals surface area contributed by atoms with E-state index in [2.05, 4.69) is 5.10 Å². The molecule has 1 amide bonds. The van der Waals surface area contributed by atoms with Gasteiger partial charge in [-0.3, -0.25) is 4.79 Å². The summed E-state index contributed by atoms with van der Waals surface area (Å²) >= 11 is 7.59. The average Bonchev–Trinajstić information content (AvgIpc) is 3.15. The number of aryl methyl sites for hydroxylation is 1. The molecule has 0 spiro atoms. The fraction of sp³-hybridized carbons (Fsp3) is 0.333. The van der Waals surface area contributed by atoms with Crippen molar-refractivity contribution in [3.05, 3.63) is 45.9 Å². The van der Waals surface area contributed by atoms with Gasteiger partial charge in [-0.05, 0) is 44.0 Å². The van der Waals surface area contributed by atoms with Crippen molar-refractivity contribution in [2.75, 3.05) is 13.1 Å². The molecule has 1 atom stereocenters. The third-order valence-electron chi connectivity index (χ3n) is 4.55. The van der Waals surface area contributed by atoms with Crippen molar-refractivity contribution in [2.45, 2.75) is 25.8 Å². The van der Waals surface area contributed by atoms with Gasteiger partial charge in [0, 0.05) is 29.5 Å². The number of carbonyl (C=O) groups excluding carboxylic acids is 1. The summed E-state index contributed by atoms with van der Waals surface area (Å²) in [6, 6.07) is 9.60. The van der Waals surface area contributed by atoms with Crippen LogP contribution in [0.25, 0.3) is 15.9 Å². The Kier molecular flexibility index (Phi) is 5.58. The lowest BCUT2D eigenvalue weighted by molar-refractivity contribution is 0.0714. The van der Waals surface area contributed by atoms with Crippen LogP contribution in [0.3, 0.4) is 0 Å². The van der Waals surface area contributed by atoms with Gasteiger partial charge >= 0.3 is 0 Å². The van der Waals surface area contributed by atoms with Gasteiger partial charge in [0.15, 0.2) is 0 Å². The Balaban J connectivity index is 0.00000196. The van der Waals surface area contributed by atoms with Gasteiger partial charge in [-0.25, -0.2) is 4.68 Å². The molecule has 1 fully saturated rings. The Morgan fingerprint density at radius 2 is 2.19 bits per heavy atom. The highest BCUT2D eigenvalue weighted by molar-refractivity contribution is 7.20. The highest BCUT2D eigenvalue weighted by Crippen LogP contribution is 2.32. The summed E-state index contributed by atoms with van der Waals surface area (Å²) < 4.78 is 1.86. The number of piperidine rings is 1. The molecule has 1 unspecified atom stereocenters. The molecule has 1 aromatic carbocycles. The third kappa shape index (κ3) is 3.47. The monoisotopic (exact) mass is 410 g/mol. The maximum absolute atomic E-state index is 12.9. The molecule has 2 aromatic heterocycles. The van der Waals surface area contributed by atoms with Crippen molar-refractivity contribution in [3.63, 3.8) is 0 Å². The van der Waals surface area contributed by atoms with Crippen LogP contribution in [0, 0.1) is 6.92 Å². The minimum Gasteiger partial charge on any atom is -0.336 e. The number of nitrogens with zero attached hydrogens (tertiary/aromatic N) is 3. The number of rotatable bonds is 2. The molecular formula is C18H20Cl2N4OS. The smallest absolute Gasteiger partial charge is 0.264 e. The zero-order valence-corrected chi connectivity index (χ0v) is 16.7. The average molecular weight is 411 g/mol. The molecule has 3 aromatic rings. The summed E-state index contributed by atoms with van der Waals surface area (Å²) in [6.45, 7) is 3.37. The summed E-state index contributed by atoms with van der Waals surface area (Å²) in [7, 11) is 0. The van der Waals surface area contributed by atoms with E-state index in [1.54, 1.807) is 0 Å². The molecule has 8 heteroatoms. The molecule has 3 heterocycles. The van der Waals surface area contributed by atoms with Crippen molar-refractivity contribution < 1.29 is 4.79 Å². The molecule has 0 bridgehead atoms. The first-order chi connectivity index (χ1) is 12.0. The zero-order valence-electron chi connectivity index (χ0n) is 14.3. The van der Waals surface area contributed by atoms with E-state index in [4.69, 9.17) is 17.3 Å². The Hall–Kier alpha value is -1.60. The lowest BCUT2D eigenvalue weighted by atomic mass is 10.1. The SMILES string of the molecule is Cc1nn(-c2cccc(Cl)c2)c2sc(C(=O)N3CCCC(N)C3)cc12.Cl. The summed E-state index contributed by atoms with van der Waals surface area (Å²) in [5, 5.41) is 6.28. The standard InChI is InChI=1S/C18H19ClN4OS.ClH/c1-11-15-9-16(17(24)22-7-3-5-13(20)10-22)25-18(15)23(21-11)14-6-2-4-12(19)8-14;/h2,4,6,8-9,13H,3,5,7,10,20H2,1H3;1H. The quantitative estimate of drug-likeness (QED) is 0.693. The minimum atomic E-state index is 0. The summed E-state index contributed by atoms with van der Waals surface area (Å²) in [5.74, 6) is 0.0633. The van der Waals surface area contributed by atoms with E-state index in [1.165, 1.54) is 11.3 Å². The molecule has 0 radical (unpaired) electrons. The third-order valence-corrected chi connectivity index (χ3v) is 5.89. The number of hydrogen-bond donors (Lipinski definition) is 1. The highest BCUT2D eigenvalue weighted by Gasteiger charge is 2.25. The second-order valence-electron chi connectivity index (χ2n) is 6.46. The predicted octanol–water partition coefficient (Wildman–Crippen LogP) is 4.03. The van der Waals surface area contributed by atoms with Crippen LogP contribution in [0.4, 0.5) is 0 Å². The number of likely N-dealkylation sites (tertiary alicyclic amines) is 1. The number of amides is 1. The fourth-order valence-corrected chi connectivity index (χ4v) is 4.62. The van der Waals surface area contributed by atoms with Gasteiger partial charge in [0.25, 0.3) is 5.91 Å². The first-order valence-corrected chi connectivity index (χ1v) is 9.52. The molecule has 0 aliphatic carbocycles. The second kappa shape index (κ2) is 7.56. The number of benzene rings is 1. The van der Waals surface area contributed by atoms with Gasteiger partial charge in [-0.1, -0.05) is 17.7 Å². The summed E-state index contributed by atoms with van der Waals surface area (Å²) in [6.07, 6.45) is 1.95. The van der Waals surface area contributed by atoms with Crippen LogP contribution in [0.15, 0.2) is 30.3 Å². The van der Waals surface area contributed by atoms with Gasteiger partial charge in [-0.2, -0.15) is 5.10 Å². The van der Waals surface area contributed by atoms with E-state index in [-0.39, 0.29) is 24.4 Å². The molecule has 1 saturated heterocycles. The van der Waals surface area contributed by atoms with Crippen LogP contribution in [0.5, 0.6) is 0 Å². The van der Waals surface area contributed by atoms with Crippen LogP contribution in [0.2, 0.25) is 5.02 Å². The number of halogens is 2. The van der Waals surface area contributed by atoms with Crippen molar-refractivity contribution >= 4 is 51.5 Å². The Morgan fingerprint density at radius 1 is 1.38 bits per heavy atom. The van der Waals surface area contributed by atoms with Gasteiger partial charge in [-0.15, -0.1) is 23.7 Å².